The fraction of sp³-hybridized carbons (Fsp3) is 0.263. The zero-order chi connectivity index (χ0) is 17.8. The number of nitrogens with one attached hydrogen (secondary N) is 1. The maximum atomic E-state index is 12.5. The highest BCUT2D eigenvalue weighted by atomic mass is 32.2. The lowest BCUT2D eigenvalue weighted by molar-refractivity contribution is -0.116. The highest BCUT2D eigenvalue weighted by Gasteiger charge is 2.30. The van der Waals surface area contributed by atoms with Crippen molar-refractivity contribution >= 4 is 35.1 Å². The number of rotatable bonds is 5. The van der Waals surface area contributed by atoms with E-state index in [1.54, 1.807) is 21.6 Å². The van der Waals surface area contributed by atoms with Crippen molar-refractivity contribution in [3.05, 3.63) is 54.1 Å². The van der Waals surface area contributed by atoms with Crippen LogP contribution in [-0.2, 0) is 4.79 Å². The van der Waals surface area contributed by atoms with Crippen molar-refractivity contribution < 1.29 is 9.59 Å². The molecule has 0 radical (unpaired) electrons. The minimum atomic E-state index is -0.184. The van der Waals surface area contributed by atoms with Crippen LogP contribution in [0.25, 0.3) is 0 Å². The summed E-state index contributed by atoms with van der Waals surface area (Å²) < 4.78 is 0. The number of amides is 3. The molecule has 0 unspecified atom stereocenters. The van der Waals surface area contributed by atoms with Crippen LogP contribution in [0.5, 0.6) is 0 Å². The van der Waals surface area contributed by atoms with Crippen molar-refractivity contribution in [2.75, 3.05) is 36.1 Å². The van der Waals surface area contributed by atoms with Gasteiger partial charge in [0.05, 0.1) is 0 Å². The molecule has 0 aliphatic carbocycles. The smallest absolute Gasteiger partial charge is 0.325 e. The Labute approximate surface area is 152 Å². The van der Waals surface area contributed by atoms with Gasteiger partial charge in [-0.15, -0.1) is 11.8 Å². The normalized spacial score (nSPS) is 14.1. The Hall–Kier alpha value is -2.47. The SMILES string of the molecule is CSc1ccc(NC(=O)CN2CCN(c3ccc(C)cc3)C2=O)cc1. The van der Waals surface area contributed by atoms with E-state index in [1.165, 1.54) is 0 Å². The van der Waals surface area contributed by atoms with Gasteiger partial charge in [-0.25, -0.2) is 4.79 Å². The maximum Gasteiger partial charge on any atom is 0.325 e. The van der Waals surface area contributed by atoms with Crippen LogP contribution in [-0.4, -0.2) is 42.7 Å². The van der Waals surface area contributed by atoms with Gasteiger partial charge in [0.2, 0.25) is 5.91 Å². The van der Waals surface area contributed by atoms with Gasteiger partial charge in [-0.05, 0) is 49.6 Å². The molecule has 1 heterocycles. The number of hydrogen-bond donors (Lipinski definition) is 1. The third kappa shape index (κ3) is 4.14. The van der Waals surface area contributed by atoms with E-state index in [4.69, 9.17) is 0 Å². The number of nitrogens with zero attached hydrogens (tertiary/aromatic N) is 2. The third-order valence-corrected chi connectivity index (χ3v) is 4.89. The molecular weight excluding hydrogens is 334 g/mol. The Balaban J connectivity index is 1.58. The van der Waals surface area contributed by atoms with Crippen LogP contribution in [0.1, 0.15) is 5.56 Å². The molecule has 0 bridgehead atoms. The van der Waals surface area contributed by atoms with E-state index in [0.717, 1.165) is 21.8 Å². The van der Waals surface area contributed by atoms with Crippen molar-refractivity contribution in [1.82, 2.24) is 4.90 Å². The molecule has 1 aliphatic heterocycles. The summed E-state index contributed by atoms with van der Waals surface area (Å²) in [5.41, 5.74) is 2.76. The Morgan fingerprint density at radius 2 is 1.76 bits per heavy atom. The van der Waals surface area contributed by atoms with Gasteiger partial charge in [0.1, 0.15) is 6.54 Å². The van der Waals surface area contributed by atoms with Crippen LogP contribution >= 0.6 is 11.8 Å². The molecule has 0 aromatic heterocycles. The zero-order valence-electron chi connectivity index (χ0n) is 14.4. The number of urea groups is 1. The molecule has 3 amide bonds. The van der Waals surface area contributed by atoms with Crippen molar-refractivity contribution in [2.24, 2.45) is 0 Å². The lowest BCUT2D eigenvalue weighted by atomic mass is 10.2. The fourth-order valence-electron chi connectivity index (χ4n) is 2.74. The minimum absolute atomic E-state index is 0.0610. The van der Waals surface area contributed by atoms with Gasteiger partial charge in [-0.1, -0.05) is 17.7 Å². The van der Waals surface area contributed by atoms with Crippen molar-refractivity contribution in [3.63, 3.8) is 0 Å². The Bertz CT molecular complexity index is 759. The molecule has 130 valence electrons. The summed E-state index contributed by atoms with van der Waals surface area (Å²) in [6.07, 6.45) is 2.01. The largest absolute Gasteiger partial charge is 0.325 e. The number of thioether (sulfide) groups is 1. The molecule has 5 nitrogen and oxygen atoms in total. The van der Waals surface area contributed by atoms with E-state index < -0.39 is 0 Å². The van der Waals surface area contributed by atoms with Gasteiger partial charge < -0.3 is 10.2 Å². The van der Waals surface area contributed by atoms with Crippen molar-refractivity contribution in [2.45, 2.75) is 11.8 Å². The molecule has 1 saturated heterocycles. The number of carbonyl (C=O) groups is 2. The molecule has 1 fully saturated rings. The Morgan fingerprint density at radius 3 is 2.40 bits per heavy atom. The Morgan fingerprint density at radius 1 is 1.08 bits per heavy atom. The number of aryl methyl sites for hydroxylation is 1. The van der Waals surface area contributed by atoms with Crippen LogP contribution < -0.4 is 10.2 Å². The second-order valence-corrected chi connectivity index (χ2v) is 6.85. The molecular formula is C19H21N3O2S. The van der Waals surface area contributed by atoms with Crippen LogP contribution in [0.3, 0.4) is 0 Å². The predicted octanol–water partition coefficient (Wildman–Crippen LogP) is 3.60. The molecule has 0 atom stereocenters. The molecule has 2 aromatic carbocycles. The van der Waals surface area contributed by atoms with Gasteiger partial charge in [-0.3, -0.25) is 9.69 Å². The zero-order valence-corrected chi connectivity index (χ0v) is 15.2. The highest BCUT2D eigenvalue weighted by molar-refractivity contribution is 7.98. The van der Waals surface area contributed by atoms with E-state index in [-0.39, 0.29) is 18.5 Å². The summed E-state index contributed by atoms with van der Waals surface area (Å²) >= 11 is 1.65. The Kier molecular flexibility index (Phi) is 5.28. The first-order valence-corrected chi connectivity index (χ1v) is 9.36. The second kappa shape index (κ2) is 7.61. The molecule has 0 spiro atoms. The highest BCUT2D eigenvalue weighted by Crippen LogP contribution is 2.21. The van der Waals surface area contributed by atoms with E-state index >= 15 is 0 Å². The summed E-state index contributed by atoms with van der Waals surface area (Å²) in [6.45, 7) is 3.21. The van der Waals surface area contributed by atoms with Gasteiger partial charge in [0.25, 0.3) is 0 Å². The molecule has 1 aliphatic rings. The lowest BCUT2D eigenvalue weighted by Gasteiger charge is -2.18. The lowest BCUT2D eigenvalue weighted by Crippen LogP contribution is -2.37. The summed E-state index contributed by atoms with van der Waals surface area (Å²) in [5.74, 6) is -0.184. The average Bonchev–Trinajstić information content (AvgIpc) is 2.97. The first kappa shape index (κ1) is 17.4. The van der Waals surface area contributed by atoms with Gasteiger partial charge >= 0.3 is 6.03 Å². The van der Waals surface area contributed by atoms with Crippen LogP contribution in [0.4, 0.5) is 16.2 Å². The average molecular weight is 355 g/mol. The van der Waals surface area contributed by atoms with Crippen LogP contribution in [0.2, 0.25) is 0 Å². The fourth-order valence-corrected chi connectivity index (χ4v) is 3.15. The van der Waals surface area contributed by atoms with Gasteiger partial charge in [0, 0.05) is 29.4 Å². The molecule has 6 heteroatoms. The first-order chi connectivity index (χ1) is 12.1. The molecule has 3 rings (SSSR count). The van der Waals surface area contributed by atoms with E-state index in [1.807, 2.05) is 61.7 Å². The molecule has 0 saturated carbocycles. The van der Waals surface area contributed by atoms with Crippen LogP contribution in [0, 0.1) is 6.92 Å². The van der Waals surface area contributed by atoms with E-state index in [0.29, 0.717) is 13.1 Å². The summed E-state index contributed by atoms with van der Waals surface area (Å²) in [4.78, 5) is 29.2. The summed E-state index contributed by atoms with van der Waals surface area (Å²) in [7, 11) is 0. The standard InChI is InChI=1S/C19H21N3O2S/c1-14-3-7-16(8-4-14)22-12-11-21(19(22)24)13-18(23)20-15-5-9-17(25-2)10-6-15/h3-10H,11-13H2,1-2H3,(H,20,23). The maximum absolute atomic E-state index is 12.5. The van der Waals surface area contributed by atoms with Crippen molar-refractivity contribution in [1.29, 1.82) is 0 Å². The minimum Gasteiger partial charge on any atom is -0.325 e. The van der Waals surface area contributed by atoms with Gasteiger partial charge in [-0.2, -0.15) is 0 Å². The monoisotopic (exact) mass is 355 g/mol. The van der Waals surface area contributed by atoms with E-state index in [2.05, 4.69) is 5.32 Å². The van der Waals surface area contributed by atoms with E-state index in [9.17, 15) is 9.59 Å². The number of carbonyl (C=O) groups excluding carboxylic acids is 2. The molecule has 25 heavy (non-hydrogen) atoms. The molecule has 1 N–H and O–H groups in total. The quantitative estimate of drug-likeness (QED) is 0.834. The molecule has 2 aromatic rings. The number of benzene rings is 2. The number of anilines is 2. The topological polar surface area (TPSA) is 52.7 Å². The number of hydrogen-bond acceptors (Lipinski definition) is 3. The van der Waals surface area contributed by atoms with Crippen LogP contribution in [0.15, 0.2) is 53.4 Å². The van der Waals surface area contributed by atoms with Gasteiger partial charge in [0.15, 0.2) is 0 Å². The second-order valence-electron chi connectivity index (χ2n) is 5.97. The summed E-state index contributed by atoms with van der Waals surface area (Å²) in [6, 6.07) is 15.4. The predicted molar refractivity (Wildman–Crippen MR) is 102 cm³/mol. The first-order valence-electron chi connectivity index (χ1n) is 8.14. The summed E-state index contributed by atoms with van der Waals surface area (Å²) in [5, 5.41) is 2.84. The van der Waals surface area contributed by atoms with Crippen molar-refractivity contribution in [3.8, 4) is 0 Å². The third-order valence-electron chi connectivity index (χ3n) is 4.15.